The maximum absolute atomic E-state index is 12.4. The second kappa shape index (κ2) is 8.31. The lowest BCUT2D eigenvalue weighted by molar-refractivity contribution is -0.274. The number of anilines is 1. The lowest BCUT2D eigenvalue weighted by Crippen LogP contribution is -2.33. The van der Waals surface area contributed by atoms with E-state index in [0.717, 1.165) is 12.1 Å². The van der Waals surface area contributed by atoms with Crippen molar-refractivity contribution in [1.29, 1.82) is 5.26 Å². The SMILES string of the molecule is CCCN(C(=O)CC)c1c(C#N)cnn1-c1ccc(OC(F)(F)F)cc1Cl. The molecular formula is C17H16ClF3N4O2. The van der Waals surface area contributed by atoms with Gasteiger partial charge in [0.25, 0.3) is 0 Å². The summed E-state index contributed by atoms with van der Waals surface area (Å²) in [5, 5.41) is 13.4. The van der Waals surface area contributed by atoms with E-state index in [9.17, 15) is 23.2 Å². The molecule has 1 aromatic carbocycles. The summed E-state index contributed by atoms with van der Waals surface area (Å²) in [6.45, 7) is 3.91. The predicted octanol–water partition coefficient (Wildman–Crippen LogP) is 4.45. The molecule has 0 saturated heterocycles. The molecule has 0 radical (unpaired) electrons. The number of alkyl halides is 3. The molecule has 1 aromatic heterocycles. The van der Waals surface area contributed by atoms with Crippen LogP contribution in [0.5, 0.6) is 5.75 Å². The number of carbonyl (C=O) groups is 1. The second-order valence-electron chi connectivity index (χ2n) is 5.47. The van der Waals surface area contributed by atoms with Crippen LogP contribution in [0, 0.1) is 11.3 Å². The van der Waals surface area contributed by atoms with Crippen LogP contribution in [0.4, 0.5) is 19.0 Å². The fourth-order valence-corrected chi connectivity index (χ4v) is 2.73. The number of carbonyl (C=O) groups excluding carboxylic acids is 1. The molecule has 144 valence electrons. The Balaban J connectivity index is 2.55. The van der Waals surface area contributed by atoms with Gasteiger partial charge in [0.15, 0.2) is 5.82 Å². The minimum Gasteiger partial charge on any atom is -0.406 e. The first-order valence-corrected chi connectivity index (χ1v) is 8.43. The Labute approximate surface area is 158 Å². The van der Waals surface area contributed by atoms with Gasteiger partial charge in [-0.3, -0.25) is 9.69 Å². The van der Waals surface area contributed by atoms with Crippen LogP contribution < -0.4 is 9.64 Å². The minimum atomic E-state index is -4.85. The summed E-state index contributed by atoms with van der Waals surface area (Å²) in [6, 6.07) is 5.33. The summed E-state index contributed by atoms with van der Waals surface area (Å²) in [4.78, 5) is 13.8. The zero-order valence-corrected chi connectivity index (χ0v) is 15.3. The Hall–Kier alpha value is -2.73. The van der Waals surface area contributed by atoms with E-state index >= 15 is 0 Å². The number of rotatable bonds is 6. The van der Waals surface area contributed by atoms with Crippen LogP contribution in [0.2, 0.25) is 5.02 Å². The molecule has 1 heterocycles. The van der Waals surface area contributed by atoms with Crippen LogP contribution in [-0.2, 0) is 4.79 Å². The molecular weight excluding hydrogens is 385 g/mol. The van der Waals surface area contributed by atoms with Crippen molar-refractivity contribution in [2.24, 2.45) is 0 Å². The number of aromatic nitrogens is 2. The molecule has 0 saturated carbocycles. The average Bonchev–Trinajstić information content (AvgIpc) is 3.01. The molecule has 2 rings (SSSR count). The minimum absolute atomic E-state index is 0.0778. The predicted molar refractivity (Wildman–Crippen MR) is 92.9 cm³/mol. The van der Waals surface area contributed by atoms with Gasteiger partial charge in [-0.1, -0.05) is 25.4 Å². The first kappa shape index (κ1) is 20.6. The van der Waals surface area contributed by atoms with Crippen molar-refractivity contribution in [3.05, 3.63) is 35.0 Å². The first-order chi connectivity index (χ1) is 12.7. The van der Waals surface area contributed by atoms with E-state index < -0.39 is 12.1 Å². The standard InChI is InChI=1S/C17H16ClF3N4O2/c1-3-7-24(15(26)4-2)16-11(9-22)10-23-25(16)14-6-5-12(8-13(14)18)27-17(19,20)21/h5-6,8,10H,3-4,7H2,1-2H3. The second-order valence-corrected chi connectivity index (χ2v) is 5.87. The van der Waals surface area contributed by atoms with Crippen molar-refractivity contribution in [2.75, 3.05) is 11.4 Å². The lowest BCUT2D eigenvalue weighted by Gasteiger charge is -2.23. The molecule has 10 heteroatoms. The summed E-state index contributed by atoms with van der Waals surface area (Å²) in [5.74, 6) is -0.485. The number of hydrogen-bond donors (Lipinski definition) is 0. The summed E-state index contributed by atoms with van der Waals surface area (Å²) >= 11 is 6.12. The number of benzene rings is 1. The summed E-state index contributed by atoms with van der Waals surface area (Å²) in [7, 11) is 0. The van der Waals surface area contributed by atoms with Gasteiger partial charge in [-0.05, 0) is 18.6 Å². The summed E-state index contributed by atoms with van der Waals surface area (Å²) in [6.07, 6.45) is -2.73. The maximum atomic E-state index is 12.4. The molecule has 2 aromatic rings. The molecule has 0 bridgehead atoms. The fourth-order valence-electron chi connectivity index (χ4n) is 2.48. The van der Waals surface area contributed by atoms with E-state index in [1.807, 2.05) is 13.0 Å². The molecule has 0 aliphatic carbocycles. The Morgan fingerprint density at radius 2 is 2.11 bits per heavy atom. The molecule has 6 nitrogen and oxygen atoms in total. The van der Waals surface area contributed by atoms with Gasteiger partial charge >= 0.3 is 6.36 Å². The van der Waals surface area contributed by atoms with E-state index in [0.29, 0.717) is 13.0 Å². The molecule has 27 heavy (non-hydrogen) atoms. The largest absolute Gasteiger partial charge is 0.573 e. The average molecular weight is 401 g/mol. The Bertz CT molecular complexity index is 874. The quantitative estimate of drug-likeness (QED) is 0.718. The molecule has 0 unspecified atom stereocenters. The first-order valence-electron chi connectivity index (χ1n) is 8.06. The number of nitriles is 1. The van der Waals surface area contributed by atoms with Crippen LogP contribution in [0.15, 0.2) is 24.4 Å². The molecule has 0 N–H and O–H groups in total. The number of amides is 1. The van der Waals surface area contributed by atoms with Crippen molar-refractivity contribution in [3.63, 3.8) is 0 Å². The van der Waals surface area contributed by atoms with Gasteiger partial charge in [0.1, 0.15) is 17.4 Å². The third kappa shape index (κ3) is 4.71. The third-order valence-corrected chi connectivity index (χ3v) is 3.85. The van der Waals surface area contributed by atoms with E-state index in [1.54, 1.807) is 6.92 Å². The van der Waals surface area contributed by atoms with Crippen molar-refractivity contribution in [1.82, 2.24) is 9.78 Å². The zero-order chi connectivity index (χ0) is 20.2. The van der Waals surface area contributed by atoms with E-state index in [2.05, 4.69) is 9.84 Å². The smallest absolute Gasteiger partial charge is 0.406 e. The monoisotopic (exact) mass is 400 g/mol. The molecule has 1 amide bonds. The summed E-state index contributed by atoms with van der Waals surface area (Å²) in [5.41, 5.74) is 0.365. The third-order valence-electron chi connectivity index (χ3n) is 3.55. The molecule has 0 aliphatic heterocycles. The van der Waals surface area contributed by atoms with Crippen LogP contribution in [0.1, 0.15) is 32.3 Å². The van der Waals surface area contributed by atoms with Crippen LogP contribution in [0.25, 0.3) is 5.69 Å². The molecule has 0 atom stereocenters. The van der Waals surface area contributed by atoms with Crippen molar-refractivity contribution in [3.8, 4) is 17.5 Å². The number of halogens is 4. The van der Waals surface area contributed by atoms with Gasteiger partial charge in [0.05, 0.1) is 16.9 Å². The van der Waals surface area contributed by atoms with Gasteiger partial charge in [-0.2, -0.15) is 10.4 Å². The molecule has 0 aliphatic rings. The number of ether oxygens (including phenoxy) is 1. The van der Waals surface area contributed by atoms with Crippen molar-refractivity contribution >= 4 is 23.3 Å². The number of hydrogen-bond acceptors (Lipinski definition) is 4. The van der Waals surface area contributed by atoms with Gasteiger partial charge in [0.2, 0.25) is 5.91 Å². The van der Waals surface area contributed by atoms with E-state index in [1.165, 1.54) is 21.8 Å². The maximum Gasteiger partial charge on any atom is 0.573 e. The van der Waals surface area contributed by atoms with E-state index in [4.69, 9.17) is 11.6 Å². The van der Waals surface area contributed by atoms with Crippen molar-refractivity contribution in [2.45, 2.75) is 33.1 Å². The Kier molecular flexibility index (Phi) is 6.33. The van der Waals surface area contributed by atoms with Gasteiger partial charge in [0, 0.05) is 19.0 Å². The Morgan fingerprint density at radius 3 is 2.63 bits per heavy atom. The highest BCUT2D eigenvalue weighted by Crippen LogP contribution is 2.32. The van der Waals surface area contributed by atoms with Gasteiger partial charge < -0.3 is 4.74 Å². The van der Waals surface area contributed by atoms with Crippen LogP contribution in [-0.4, -0.2) is 28.6 Å². The molecule has 0 spiro atoms. The zero-order valence-electron chi connectivity index (χ0n) is 14.5. The van der Waals surface area contributed by atoms with E-state index in [-0.39, 0.29) is 34.4 Å². The summed E-state index contributed by atoms with van der Waals surface area (Å²) < 4.78 is 42.2. The normalized spacial score (nSPS) is 11.1. The highest BCUT2D eigenvalue weighted by molar-refractivity contribution is 6.32. The molecule has 0 fully saturated rings. The topological polar surface area (TPSA) is 71.2 Å². The van der Waals surface area contributed by atoms with Gasteiger partial charge in [-0.15, -0.1) is 13.2 Å². The number of nitrogens with zero attached hydrogens (tertiary/aromatic N) is 4. The highest BCUT2D eigenvalue weighted by Gasteiger charge is 2.31. The van der Waals surface area contributed by atoms with Crippen molar-refractivity contribution < 1.29 is 22.7 Å². The van der Waals surface area contributed by atoms with Crippen LogP contribution >= 0.6 is 11.6 Å². The Morgan fingerprint density at radius 1 is 1.41 bits per heavy atom. The lowest BCUT2D eigenvalue weighted by atomic mass is 10.2. The van der Waals surface area contributed by atoms with Crippen LogP contribution in [0.3, 0.4) is 0 Å². The fraction of sp³-hybridized carbons (Fsp3) is 0.353. The van der Waals surface area contributed by atoms with Gasteiger partial charge in [-0.25, -0.2) is 4.68 Å². The highest BCUT2D eigenvalue weighted by atomic mass is 35.5.